The average molecular weight is 358 g/mol. The molecule has 0 bridgehead atoms. The maximum absolute atomic E-state index is 12.8. The van der Waals surface area contributed by atoms with Crippen LogP contribution in [0.4, 0.5) is 0 Å². The van der Waals surface area contributed by atoms with Crippen molar-refractivity contribution in [1.82, 2.24) is 21.1 Å². The van der Waals surface area contributed by atoms with E-state index in [0.717, 1.165) is 52.2 Å². The number of carbonyl (C=O) groups is 1. The molecule has 4 rings (SSSR count). The highest BCUT2D eigenvalue weighted by Gasteiger charge is 2.40. The maximum Gasteiger partial charge on any atom is 0.225 e. The van der Waals surface area contributed by atoms with Gasteiger partial charge in [0.15, 0.2) is 0 Å². The number of ether oxygens (including phenoxy) is 1. The summed E-state index contributed by atoms with van der Waals surface area (Å²) in [5.74, 6) is 0.861. The first-order valence-electron chi connectivity index (χ1n) is 9.94. The third-order valence-electron chi connectivity index (χ3n) is 6.07. The van der Waals surface area contributed by atoms with Gasteiger partial charge >= 0.3 is 0 Å². The number of hydrogen-bond donors (Lipinski definition) is 3. The predicted octanol–water partition coefficient (Wildman–Crippen LogP) is 1.03. The zero-order valence-corrected chi connectivity index (χ0v) is 15.4. The lowest BCUT2D eigenvalue weighted by molar-refractivity contribution is -0.127. The number of rotatable bonds is 5. The third-order valence-corrected chi connectivity index (χ3v) is 6.07. The maximum atomic E-state index is 12.8. The van der Waals surface area contributed by atoms with Crippen LogP contribution in [-0.2, 0) is 22.6 Å². The molecule has 3 N–H and O–H groups in total. The van der Waals surface area contributed by atoms with Crippen LogP contribution in [0.25, 0.3) is 0 Å². The number of morpholine rings is 1. The highest BCUT2D eigenvalue weighted by molar-refractivity contribution is 5.79. The van der Waals surface area contributed by atoms with Crippen molar-refractivity contribution >= 4 is 5.91 Å². The van der Waals surface area contributed by atoms with E-state index in [2.05, 4.69) is 45.3 Å². The molecule has 0 aromatic heterocycles. The van der Waals surface area contributed by atoms with Crippen LogP contribution in [0.2, 0.25) is 0 Å². The smallest absolute Gasteiger partial charge is 0.225 e. The largest absolute Gasteiger partial charge is 0.379 e. The fourth-order valence-corrected chi connectivity index (χ4v) is 4.53. The molecular formula is C20H30N4O2. The molecule has 2 saturated heterocycles. The van der Waals surface area contributed by atoms with Crippen LogP contribution in [0, 0.1) is 11.8 Å². The van der Waals surface area contributed by atoms with E-state index in [1.54, 1.807) is 0 Å². The van der Waals surface area contributed by atoms with Crippen molar-refractivity contribution in [2.75, 3.05) is 32.8 Å². The number of carbonyl (C=O) groups excluding carboxylic acids is 1. The monoisotopic (exact) mass is 358 g/mol. The second-order valence-electron chi connectivity index (χ2n) is 7.72. The third kappa shape index (κ3) is 4.09. The van der Waals surface area contributed by atoms with Crippen molar-refractivity contribution in [1.29, 1.82) is 0 Å². The SMILES string of the molecule is O=C(NCc1ccccc1CN1CCOCC1)C1CCCC2CNNC21. The van der Waals surface area contributed by atoms with Gasteiger partial charge in [0.2, 0.25) is 5.91 Å². The molecule has 0 radical (unpaired) electrons. The van der Waals surface area contributed by atoms with E-state index < -0.39 is 0 Å². The molecule has 2 heterocycles. The summed E-state index contributed by atoms with van der Waals surface area (Å²) in [6, 6.07) is 8.74. The molecule has 3 fully saturated rings. The molecule has 142 valence electrons. The fraction of sp³-hybridized carbons (Fsp3) is 0.650. The van der Waals surface area contributed by atoms with E-state index in [1.165, 1.54) is 17.5 Å². The zero-order valence-electron chi connectivity index (χ0n) is 15.4. The van der Waals surface area contributed by atoms with Crippen molar-refractivity contribution < 1.29 is 9.53 Å². The predicted molar refractivity (Wildman–Crippen MR) is 100 cm³/mol. The fourth-order valence-electron chi connectivity index (χ4n) is 4.53. The van der Waals surface area contributed by atoms with E-state index in [0.29, 0.717) is 12.5 Å². The number of fused-ring (bicyclic) bond motifs is 1. The van der Waals surface area contributed by atoms with Gasteiger partial charge in [-0.25, -0.2) is 0 Å². The van der Waals surface area contributed by atoms with Gasteiger partial charge in [-0.15, -0.1) is 0 Å². The Morgan fingerprint density at radius 1 is 1.19 bits per heavy atom. The minimum absolute atomic E-state index is 0.0788. The Labute approximate surface area is 155 Å². The minimum Gasteiger partial charge on any atom is -0.379 e. The van der Waals surface area contributed by atoms with Gasteiger partial charge < -0.3 is 10.1 Å². The molecule has 0 spiro atoms. The number of hydrogen-bond acceptors (Lipinski definition) is 5. The van der Waals surface area contributed by atoms with Crippen LogP contribution in [0.5, 0.6) is 0 Å². The van der Waals surface area contributed by atoms with E-state index in [-0.39, 0.29) is 17.9 Å². The highest BCUT2D eigenvalue weighted by Crippen LogP contribution is 2.31. The van der Waals surface area contributed by atoms with Gasteiger partial charge in [-0.1, -0.05) is 30.7 Å². The summed E-state index contributed by atoms with van der Waals surface area (Å²) in [5, 5.41) is 3.21. The molecule has 26 heavy (non-hydrogen) atoms. The molecule has 3 aliphatic rings. The van der Waals surface area contributed by atoms with Crippen LogP contribution in [-0.4, -0.2) is 49.7 Å². The van der Waals surface area contributed by atoms with Gasteiger partial charge in [0, 0.05) is 38.8 Å². The number of amides is 1. The topological polar surface area (TPSA) is 65.6 Å². The molecule has 3 atom stereocenters. The molecule has 6 heteroatoms. The molecule has 1 aromatic rings. The molecule has 2 aliphatic heterocycles. The molecule has 1 aliphatic carbocycles. The summed E-state index contributed by atoms with van der Waals surface area (Å²) in [5.41, 5.74) is 9.08. The lowest BCUT2D eigenvalue weighted by atomic mass is 9.77. The Morgan fingerprint density at radius 2 is 2.00 bits per heavy atom. The quantitative estimate of drug-likeness (QED) is 0.734. The van der Waals surface area contributed by atoms with E-state index in [4.69, 9.17) is 4.74 Å². The van der Waals surface area contributed by atoms with Crippen molar-refractivity contribution in [3.63, 3.8) is 0 Å². The van der Waals surface area contributed by atoms with Crippen molar-refractivity contribution in [2.24, 2.45) is 11.8 Å². The van der Waals surface area contributed by atoms with Crippen LogP contribution in [0.1, 0.15) is 30.4 Å². The molecule has 1 aromatic carbocycles. The number of hydrazine groups is 1. The first kappa shape index (κ1) is 17.9. The van der Waals surface area contributed by atoms with Gasteiger partial charge in [0.25, 0.3) is 0 Å². The van der Waals surface area contributed by atoms with Gasteiger partial charge in [-0.2, -0.15) is 0 Å². The van der Waals surface area contributed by atoms with Crippen molar-refractivity contribution in [2.45, 2.75) is 38.4 Å². The highest BCUT2D eigenvalue weighted by atomic mass is 16.5. The summed E-state index contributed by atoms with van der Waals surface area (Å²) < 4.78 is 5.44. The van der Waals surface area contributed by atoms with Crippen LogP contribution in [0.15, 0.2) is 24.3 Å². The normalized spacial score (nSPS) is 29.3. The number of benzene rings is 1. The lowest BCUT2D eigenvalue weighted by Crippen LogP contribution is -2.47. The first-order valence-corrected chi connectivity index (χ1v) is 9.94. The Bertz CT molecular complexity index is 618. The minimum atomic E-state index is 0.0788. The zero-order chi connectivity index (χ0) is 17.8. The van der Waals surface area contributed by atoms with Crippen LogP contribution in [0.3, 0.4) is 0 Å². The molecule has 1 amide bonds. The Morgan fingerprint density at radius 3 is 2.85 bits per heavy atom. The second kappa shape index (κ2) is 8.48. The average Bonchev–Trinajstić information content (AvgIpc) is 3.17. The standard InChI is InChI=1S/C20H30N4O2/c25-20(18-7-3-6-16-13-22-23-19(16)18)21-12-15-4-1-2-5-17(15)14-24-8-10-26-11-9-24/h1-2,4-5,16,18-19,22-23H,3,6-14H2,(H,21,25). The summed E-state index contributed by atoms with van der Waals surface area (Å²) >= 11 is 0. The van der Waals surface area contributed by atoms with E-state index in [1.807, 2.05) is 0 Å². The van der Waals surface area contributed by atoms with Gasteiger partial charge in [0.05, 0.1) is 19.1 Å². The van der Waals surface area contributed by atoms with Crippen LogP contribution >= 0.6 is 0 Å². The number of nitrogens with one attached hydrogen (secondary N) is 3. The summed E-state index contributed by atoms with van der Waals surface area (Å²) in [4.78, 5) is 15.2. The molecular weight excluding hydrogens is 328 g/mol. The summed E-state index contributed by atoms with van der Waals surface area (Å²) in [6.07, 6.45) is 3.35. The van der Waals surface area contributed by atoms with E-state index >= 15 is 0 Å². The summed E-state index contributed by atoms with van der Waals surface area (Å²) in [6.45, 7) is 6.09. The summed E-state index contributed by atoms with van der Waals surface area (Å²) in [7, 11) is 0. The lowest BCUT2D eigenvalue weighted by Gasteiger charge is -2.32. The molecule has 3 unspecified atom stereocenters. The first-order chi connectivity index (χ1) is 12.8. The van der Waals surface area contributed by atoms with Crippen molar-refractivity contribution in [3.05, 3.63) is 35.4 Å². The van der Waals surface area contributed by atoms with Crippen molar-refractivity contribution in [3.8, 4) is 0 Å². The molecule has 6 nitrogen and oxygen atoms in total. The number of nitrogens with zero attached hydrogens (tertiary/aromatic N) is 1. The van der Waals surface area contributed by atoms with Gasteiger partial charge in [-0.3, -0.25) is 20.5 Å². The second-order valence-corrected chi connectivity index (χ2v) is 7.72. The Balaban J connectivity index is 1.36. The van der Waals surface area contributed by atoms with Gasteiger partial charge in [0.1, 0.15) is 0 Å². The Hall–Kier alpha value is -1.47. The Kier molecular flexibility index (Phi) is 5.84. The van der Waals surface area contributed by atoms with E-state index in [9.17, 15) is 4.79 Å². The van der Waals surface area contributed by atoms with Crippen LogP contribution < -0.4 is 16.2 Å². The molecule has 1 saturated carbocycles. The van der Waals surface area contributed by atoms with Gasteiger partial charge in [-0.05, 0) is 29.9 Å².